The smallest absolute Gasteiger partial charge is 0.156 e. The molecule has 5 heteroatoms. The van der Waals surface area contributed by atoms with Crippen molar-refractivity contribution in [1.82, 2.24) is 14.6 Å². The van der Waals surface area contributed by atoms with Crippen molar-refractivity contribution in [3.63, 3.8) is 0 Å². The van der Waals surface area contributed by atoms with Crippen LogP contribution in [0.2, 0.25) is 0 Å². The number of rotatable bonds is 3. The summed E-state index contributed by atoms with van der Waals surface area (Å²) < 4.78 is 1.74. The molecule has 1 fully saturated rings. The van der Waals surface area contributed by atoms with Crippen LogP contribution in [0, 0.1) is 0 Å². The Hall–Kier alpha value is -1.36. The number of aromatic nitrogens is 3. The maximum absolute atomic E-state index is 10.7. The molecule has 88 valence electrons. The molecule has 3 rings (SSSR count). The molecule has 0 spiro atoms. The van der Waals surface area contributed by atoms with Crippen LogP contribution in [-0.2, 0) is 6.42 Å². The van der Waals surface area contributed by atoms with Gasteiger partial charge in [0.25, 0.3) is 0 Å². The Bertz CT molecular complexity index is 546. The molecule has 1 aliphatic rings. The Labute approximate surface area is 103 Å². The lowest BCUT2D eigenvalue weighted by Crippen LogP contribution is -2.03. The van der Waals surface area contributed by atoms with Gasteiger partial charge in [0.05, 0.1) is 0 Å². The zero-order valence-electron chi connectivity index (χ0n) is 9.37. The normalized spacial score (nSPS) is 19.9. The van der Waals surface area contributed by atoms with Crippen LogP contribution < -0.4 is 0 Å². The first-order valence-electron chi connectivity index (χ1n) is 5.77. The molecule has 0 saturated carbocycles. The molecule has 0 N–H and O–H groups in total. The topological polar surface area (TPSA) is 47.3 Å². The van der Waals surface area contributed by atoms with Gasteiger partial charge in [0.15, 0.2) is 11.5 Å². The Morgan fingerprint density at radius 3 is 3.29 bits per heavy atom. The molecular weight excluding hydrogens is 234 g/mol. The molecule has 1 unspecified atom stereocenters. The second-order valence-corrected chi connectivity index (χ2v) is 5.66. The van der Waals surface area contributed by atoms with Gasteiger partial charge in [-0.2, -0.15) is 16.9 Å². The summed E-state index contributed by atoms with van der Waals surface area (Å²) >= 11 is 2.01. The Morgan fingerprint density at radius 1 is 1.59 bits per heavy atom. The van der Waals surface area contributed by atoms with Gasteiger partial charge < -0.3 is 0 Å². The van der Waals surface area contributed by atoms with Gasteiger partial charge in [-0.3, -0.25) is 4.79 Å². The highest BCUT2D eigenvalue weighted by molar-refractivity contribution is 8.00. The molecule has 0 amide bonds. The highest BCUT2D eigenvalue weighted by Crippen LogP contribution is 2.28. The van der Waals surface area contributed by atoms with Crippen LogP contribution in [0.1, 0.15) is 29.0 Å². The summed E-state index contributed by atoms with van der Waals surface area (Å²) in [6.45, 7) is 0. The van der Waals surface area contributed by atoms with Crippen LogP contribution in [-0.4, -0.2) is 31.9 Å². The van der Waals surface area contributed by atoms with Gasteiger partial charge in [0.1, 0.15) is 6.29 Å². The van der Waals surface area contributed by atoms with E-state index in [9.17, 15) is 4.79 Å². The monoisotopic (exact) mass is 247 g/mol. The van der Waals surface area contributed by atoms with Crippen LogP contribution in [0.3, 0.4) is 0 Å². The molecule has 0 aromatic carbocycles. The predicted octanol–water partition coefficient (Wildman–Crippen LogP) is 1.98. The van der Waals surface area contributed by atoms with Gasteiger partial charge in [0, 0.05) is 23.4 Å². The van der Waals surface area contributed by atoms with Crippen molar-refractivity contribution in [1.29, 1.82) is 0 Å². The van der Waals surface area contributed by atoms with Crippen molar-refractivity contribution in [3.05, 3.63) is 29.7 Å². The number of thioether (sulfide) groups is 1. The number of hydrogen-bond donors (Lipinski definition) is 0. The van der Waals surface area contributed by atoms with Gasteiger partial charge in [0.2, 0.25) is 0 Å². The SMILES string of the molecule is O=Cc1ccn2nc(CC3CCCS3)nc2c1. The summed E-state index contributed by atoms with van der Waals surface area (Å²) in [5.74, 6) is 2.14. The van der Waals surface area contributed by atoms with E-state index in [1.165, 1.54) is 18.6 Å². The summed E-state index contributed by atoms with van der Waals surface area (Å²) in [6.07, 6.45) is 6.12. The number of fused-ring (bicyclic) bond motifs is 1. The Morgan fingerprint density at radius 2 is 2.53 bits per heavy atom. The van der Waals surface area contributed by atoms with Crippen LogP contribution in [0.5, 0.6) is 0 Å². The largest absolute Gasteiger partial charge is 0.298 e. The maximum Gasteiger partial charge on any atom is 0.156 e. The summed E-state index contributed by atoms with van der Waals surface area (Å²) in [4.78, 5) is 15.1. The van der Waals surface area contributed by atoms with Gasteiger partial charge >= 0.3 is 0 Å². The first-order chi connectivity index (χ1) is 8.35. The number of pyridine rings is 1. The van der Waals surface area contributed by atoms with Gasteiger partial charge in [-0.15, -0.1) is 0 Å². The third kappa shape index (κ3) is 2.20. The third-order valence-corrected chi connectivity index (χ3v) is 4.37. The van der Waals surface area contributed by atoms with Crippen LogP contribution in [0.15, 0.2) is 18.3 Å². The quantitative estimate of drug-likeness (QED) is 0.778. The summed E-state index contributed by atoms with van der Waals surface area (Å²) in [5, 5.41) is 5.09. The second kappa shape index (κ2) is 4.49. The minimum Gasteiger partial charge on any atom is -0.298 e. The van der Waals surface area contributed by atoms with E-state index < -0.39 is 0 Å². The van der Waals surface area contributed by atoms with E-state index in [1.54, 1.807) is 22.8 Å². The van der Waals surface area contributed by atoms with E-state index in [1.807, 2.05) is 11.8 Å². The number of nitrogens with zero attached hydrogens (tertiary/aromatic N) is 3. The van der Waals surface area contributed by atoms with Crippen molar-refractivity contribution in [3.8, 4) is 0 Å². The molecule has 3 heterocycles. The van der Waals surface area contributed by atoms with E-state index >= 15 is 0 Å². The van der Waals surface area contributed by atoms with E-state index in [0.29, 0.717) is 10.8 Å². The van der Waals surface area contributed by atoms with E-state index in [2.05, 4.69) is 10.1 Å². The average Bonchev–Trinajstić information content (AvgIpc) is 2.96. The fourth-order valence-corrected chi connectivity index (χ4v) is 3.38. The van der Waals surface area contributed by atoms with Crippen molar-refractivity contribution >= 4 is 23.7 Å². The van der Waals surface area contributed by atoms with E-state index in [4.69, 9.17) is 0 Å². The van der Waals surface area contributed by atoms with Gasteiger partial charge in [-0.05, 0) is 30.7 Å². The molecule has 17 heavy (non-hydrogen) atoms. The molecule has 1 atom stereocenters. The molecule has 2 aromatic rings. The second-order valence-electron chi connectivity index (χ2n) is 4.25. The van der Waals surface area contributed by atoms with Crippen molar-refractivity contribution in [2.24, 2.45) is 0 Å². The number of aldehydes is 1. The summed E-state index contributed by atoms with van der Waals surface area (Å²) in [7, 11) is 0. The first kappa shape index (κ1) is 10.8. The van der Waals surface area contributed by atoms with Crippen molar-refractivity contribution in [2.75, 3.05) is 5.75 Å². The summed E-state index contributed by atoms with van der Waals surface area (Å²) in [5.41, 5.74) is 1.40. The molecule has 0 bridgehead atoms. The highest BCUT2D eigenvalue weighted by Gasteiger charge is 2.18. The van der Waals surface area contributed by atoms with Crippen LogP contribution in [0.25, 0.3) is 5.65 Å². The zero-order chi connectivity index (χ0) is 11.7. The molecule has 0 aliphatic carbocycles. The fraction of sp³-hybridized carbons (Fsp3) is 0.417. The number of carbonyl (C=O) groups excluding carboxylic acids is 1. The third-order valence-electron chi connectivity index (χ3n) is 2.98. The predicted molar refractivity (Wildman–Crippen MR) is 67.6 cm³/mol. The molecule has 2 aromatic heterocycles. The first-order valence-corrected chi connectivity index (χ1v) is 6.82. The minimum absolute atomic E-state index is 0.645. The Balaban J connectivity index is 1.87. The van der Waals surface area contributed by atoms with Crippen LogP contribution >= 0.6 is 11.8 Å². The highest BCUT2D eigenvalue weighted by atomic mass is 32.2. The lowest BCUT2D eigenvalue weighted by molar-refractivity contribution is 0.112. The fourth-order valence-electron chi connectivity index (χ4n) is 2.11. The molecule has 1 aliphatic heterocycles. The molecule has 1 saturated heterocycles. The molecule has 0 radical (unpaired) electrons. The molecular formula is C12H13N3OS. The lowest BCUT2D eigenvalue weighted by atomic mass is 10.2. The Kier molecular flexibility index (Phi) is 2.84. The molecule has 4 nitrogen and oxygen atoms in total. The van der Waals surface area contributed by atoms with Crippen molar-refractivity contribution in [2.45, 2.75) is 24.5 Å². The van der Waals surface area contributed by atoms with E-state index in [0.717, 1.165) is 24.2 Å². The standard InChI is InChI=1S/C12H13N3OS/c16-8-9-3-4-15-12(6-9)13-11(14-15)7-10-2-1-5-17-10/h3-4,6,8,10H,1-2,5,7H2. The average molecular weight is 247 g/mol. The number of carbonyl (C=O) groups is 1. The van der Waals surface area contributed by atoms with Gasteiger partial charge in [-0.1, -0.05) is 0 Å². The van der Waals surface area contributed by atoms with Gasteiger partial charge in [-0.25, -0.2) is 9.50 Å². The zero-order valence-corrected chi connectivity index (χ0v) is 10.2. The minimum atomic E-state index is 0.645. The summed E-state index contributed by atoms with van der Waals surface area (Å²) in [6, 6.07) is 3.52. The lowest BCUT2D eigenvalue weighted by Gasteiger charge is -2.02. The number of hydrogen-bond acceptors (Lipinski definition) is 4. The van der Waals surface area contributed by atoms with Crippen LogP contribution in [0.4, 0.5) is 0 Å². The van der Waals surface area contributed by atoms with Crippen molar-refractivity contribution < 1.29 is 4.79 Å². The van der Waals surface area contributed by atoms with E-state index in [-0.39, 0.29) is 0 Å². The maximum atomic E-state index is 10.7.